The number of anilines is 2. The van der Waals surface area contributed by atoms with Crippen molar-refractivity contribution >= 4 is 11.4 Å². The van der Waals surface area contributed by atoms with Crippen molar-refractivity contribution in [1.29, 1.82) is 0 Å². The first-order valence-corrected chi connectivity index (χ1v) is 7.00. The lowest BCUT2D eigenvalue weighted by molar-refractivity contribution is 0.456. The number of benzene rings is 1. The maximum absolute atomic E-state index is 6.17. The summed E-state index contributed by atoms with van der Waals surface area (Å²) in [7, 11) is 0. The van der Waals surface area contributed by atoms with E-state index in [0.717, 1.165) is 24.8 Å². The van der Waals surface area contributed by atoms with Crippen LogP contribution in [0, 0.1) is 0 Å². The molecule has 0 bridgehead atoms. The number of nitrogen functional groups attached to an aromatic ring is 2. The van der Waals surface area contributed by atoms with Crippen molar-refractivity contribution in [1.82, 2.24) is 9.55 Å². The van der Waals surface area contributed by atoms with Crippen LogP contribution in [-0.2, 0) is 12.8 Å². The van der Waals surface area contributed by atoms with E-state index in [1.807, 2.05) is 24.7 Å². The Morgan fingerprint density at radius 2 is 2.25 bits per heavy atom. The number of nitrogens with two attached hydrogens (primary N) is 2. The third kappa shape index (κ3) is 1.97. The Morgan fingerprint density at radius 3 is 3.05 bits per heavy atom. The molecule has 1 aliphatic heterocycles. The zero-order valence-electron chi connectivity index (χ0n) is 11.5. The summed E-state index contributed by atoms with van der Waals surface area (Å²) in [6, 6.07) is 4.31. The summed E-state index contributed by atoms with van der Waals surface area (Å²) in [4.78, 5) is 4.28. The molecule has 0 spiro atoms. The molecule has 0 amide bonds. The fourth-order valence-electron chi connectivity index (χ4n) is 3.11. The van der Waals surface area contributed by atoms with Crippen LogP contribution >= 0.6 is 0 Å². The molecule has 2 aromatic rings. The highest BCUT2D eigenvalue weighted by molar-refractivity contribution is 5.70. The molecular weight excluding hydrogens is 248 g/mol. The van der Waals surface area contributed by atoms with Crippen molar-refractivity contribution in [2.24, 2.45) is 0 Å². The molecule has 0 fully saturated rings. The first-order valence-electron chi connectivity index (χ1n) is 7.00. The lowest BCUT2D eigenvalue weighted by Crippen LogP contribution is -2.19. The van der Waals surface area contributed by atoms with Crippen molar-refractivity contribution in [2.45, 2.75) is 31.7 Å². The van der Waals surface area contributed by atoms with Gasteiger partial charge in [0.15, 0.2) is 0 Å². The van der Waals surface area contributed by atoms with E-state index in [4.69, 9.17) is 11.5 Å². The first kappa shape index (κ1) is 12.8. The second kappa shape index (κ2) is 5.04. The molecule has 4 nitrogen and oxygen atoms in total. The van der Waals surface area contributed by atoms with Gasteiger partial charge in [0, 0.05) is 11.9 Å². The Hall–Kier alpha value is -2.23. The molecular formula is C16H20N4. The highest BCUT2D eigenvalue weighted by Crippen LogP contribution is 2.36. The topological polar surface area (TPSA) is 69.9 Å². The zero-order chi connectivity index (χ0) is 14.1. The van der Waals surface area contributed by atoms with Crippen LogP contribution < -0.4 is 11.5 Å². The van der Waals surface area contributed by atoms with Crippen LogP contribution in [0.2, 0.25) is 0 Å². The van der Waals surface area contributed by atoms with Gasteiger partial charge in [-0.2, -0.15) is 0 Å². The van der Waals surface area contributed by atoms with Crippen LogP contribution in [0.25, 0.3) is 0 Å². The van der Waals surface area contributed by atoms with Gasteiger partial charge in [-0.15, -0.1) is 6.58 Å². The molecule has 3 rings (SSSR count). The maximum atomic E-state index is 6.17. The van der Waals surface area contributed by atoms with E-state index in [1.54, 1.807) is 0 Å². The summed E-state index contributed by atoms with van der Waals surface area (Å²) in [5.41, 5.74) is 17.1. The number of aromatic nitrogens is 2. The zero-order valence-corrected chi connectivity index (χ0v) is 11.5. The molecule has 2 heterocycles. The number of rotatable bonds is 3. The summed E-state index contributed by atoms with van der Waals surface area (Å²) >= 11 is 0. The van der Waals surface area contributed by atoms with E-state index in [1.165, 1.54) is 17.7 Å². The summed E-state index contributed by atoms with van der Waals surface area (Å²) in [5.74, 6) is 0. The first-order chi connectivity index (χ1) is 9.72. The van der Waals surface area contributed by atoms with Crippen molar-refractivity contribution in [3.8, 4) is 0 Å². The fraction of sp³-hybridized carbons (Fsp3) is 0.312. The summed E-state index contributed by atoms with van der Waals surface area (Å²) in [6.07, 6.45) is 9.88. The molecule has 0 saturated heterocycles. The highest BCUT2D eigenvalue weighted by Gasteiger charge is 2.24. The lowest BCUT2D eigenvalue weighted by Gasteiger charge is -2.28. The molecule has 0 saturated carbocycles. The number of allylic oxidation sites excluding steroid dienone is 1. The van der Waals surface area contributed by atoms with Gasteiger partial charge in [0.2, 0.25) is 0 Å². The Kier molecular flexibility index (Phi) is 3.22. The standard InChI is InChI=1S/C16H20N4/c1-2-4-13-12(7-8-14(17)16(13)18)15-6-3-5-11-9-19-10-20(11)15/h2,7-10,15H,1,3-6,17-18H2. The molecule has 0 aliphatic carbocycles. The summed E-state index contributed by atoms with van der Waals surface area (Å²) < 4.78 is 2.26. The van der Waals surface area contributed by atoms with Crippen LogP contribution in [0.15, 0.2) is 37.3 Å². The largest absolute Gasteiger partial charge is 0.397 e. The van der Waals surface area contributed by atoms with Crippen LogP contribution in [0.3, 0.4) is 0 Å². The second-order valence-electron chi connectivity index (χ2n) is 5.33. The van der Waals surface area contributed by atoms with Crippen LogP contribution in [0.4, 0.5) is 11.4 Å². The summed E-state index contributed by atoms with van der Waals surface area (Å²) in [5, 5.41) is 0. The van der Waals surface area contributed by atoms with E-state index >= 15 is 0 Å². The predicted octanol–water partition coefficient (Wildman–Crippen LogP) is 2.70. The molecule has 1 unspecified atom stereocenters. The van der Waals surface area contributed by atoms with Crippen LogP contribution in [0.1, 0.15) is 35.7 Å². The van der Waals surface area contributed by atoms with Gasteiger partial charge in [-0.25, -0.2) is 4.98 Å². The molecule has 1 atom stereocenters. The molecule has 4 N–H and O–H groups in total. The minimum absolute atomic E-state index is 0.305. The normalized spacial score (nSPS) is 17.7. The lowest BCUT2D eigenvalue weighted by atomic mass is 9.90. The molecule has 104 valence electrons. The second-order valence-corrected chi connectivity index (χ2v) is 5.33. The molecule has 0 radical (unpaired) electrons. The molecule has 20 heavy (non-hydrogen) atoms. The van der Waals surface area contributed by atoms with Crippen molar-refractivity contribution in [3.05, 3.63) is 54.1 Å². The van der Waals surface area contributed by atoms with Gasteiger partial charge in [-0.3, -0.25) is 0 Å². The predicted molar refractivity (Wildman–Crippen MR) is 82.5 cm³/mol. The molecule has 1 aromatic carbocycles. The van der Waals surface area contributed by atoms with E-state index in [-0.39, 0.29) is 0 Å². The maximum Gasteiger partial charge on any atom is 0.0953 e. The van der Waals surface area contributed by atoms with E-state index in [2.05, 4.69) is 22.2 Å². The molecule has 1 aromatic heterocycles. The smallest absolute Gasteiger partial charge is 0.0953 e. The van der Waals surface area contributed by atoms with Crippen LogP contribution in [-0.4, -0.2) is 9.55 Å². The average molecular weight is 268 g/mol. The van der Waals surface area contributed by atoms with Crippen molar-refractivity contribution < 1.29 is 0 Å². The number of aryl methyl sites for hydroxylation is 1. The van der Waals surface area contributed by atoms with Crippen LogP contribution in [0.5, 0.6) is 0 Å². The molecule has 4 heteroatoms. The number of hydrogen-bond acceptors (Lipinski definition) is 3. The van der Waals surface area contributed by atoms with Crippen molar-refractivity contribution in [2.75, 3.05) is 11.5 Å². The van der Waals surface area contributed by atoms with Gasteiger partial charge < -0.3 is 16.0 Å². The van der Waals surface area contributed by atoms with Gasteiger partial charge in [-0.05, 0) is 42.9 Å². The highest BCUT2D eigenvalue weighted by atomic mass is 15.1. The number of nitrogens with zero attached hydrogens (tertiary/aromatic N) is 2. The number of hydrogen-bond donors (Lipinski definition) is 2. The number of fused-ring (bicyclic) bond motifs is 1. The quantitative estimate of drug-likeness (QED) is 0.664. The van der Waals surface area contributed by atoms with E-state index in [9.17, 15) is 0 Å². The average Bonchev–Trinajstić information content (AvgIpc) is 2.93. The van der Waals surface area contributed by atoms with E-state index < -0.39 is 0 Å². The third-order valence-corrected chi connectivity index (χ3v) is 4.13. The number of imidazole rings is 1. The Bertz CT molecular complexity index is 642. The minimum Gasteiger partial charge on any atom is -0.397 e. The van der Waals surface area contributed by atoms with Gasteiger partial charge in [-0.1, -0.05) is 12.1 Å². The summed E-state index contributed by atoms with van der Waals surface area (Å²) in [6.45, 7) is 3.83. The third-order valence-electron chi connectivity index (χ3n) is 4.13. The monoisotopic (exact) mass is 268 g/mol. The molecule has 1 aliphatic rings. The van der Waals surface area contributed by atoms with Gasteiger partial charge in [0.25, 0.3) is 0 Å². The Morgan fingerprint density at radius 1 is 1.40 bits per heavy atom. The minimum atomic E-state index is 0.305. The van der Waals surface area contributed by atoms with Gasteiger partial charge in [0.05, 0.1) is 23.7 Å². The van der Waals surface area contributed by atoms with Gasteiger partial charge in [0.1, 0.15) is 0 Å². The SMILES string of the molecule is C=CCc1c(C2CCCc3cncn32)ccc(N)c1N. The van der Waals surface area contributed by atoms with E-state index in [0.29, 0.717) is 17.4 Å². The fourth-order valence-corrected chi connectivity index (χ4v) is 3.11. The van der Waals surface area contributed by atoms with Crippen molar-refractivity contribution in [3.63, 3.8) is 0 Å². The Balaban J connectivity index is 2.12. The van der Waals surface area contributed by atoms with Gasteiger partial charge >= 0.3 is 0 Å². The Labute approximate surface area is 119 Å².